The van der Waals surface area contributed by atoms with Gasteiger partial charge in [-0.05, 0) is 53.2 Å². The summed E-state index contributed by atoms with van der Waals surface area (Å²) in [4.78, 5) is 0. The predicted octanol–water partition coefficient (Wildman–Crippen LogP) is 3.61. The lowest BCUT2D eigenvalue weighted by Crippen LogP contribution is -2.25. The molecule has 4 N–H and O–H groups in total. The topological polar surface area (TPSA) is 80.6 Å². The maximum Gasteiger partial charge on any atom is 0.409 e. The van der Waals surface area contributed by atoms with E-state index in [1.165, 1.54) is 4.70 Å². The van der Waals surface area contributed by atoms with Gasteiger partial charge in [0.1, 0.15) is 11.2 Å². The number of rotatable bonds is 2. The molecular formula is C15H16N5S+. The number of hydrogen-bond donors (Lipinski definition) is 2. The van der Waals surface area contributed by atoms with Gasteiger partial charge in [0, 0.05) is 5.69 Å². The van der Waals surface area contributed by atoms with Crippen LogP contribution in [0.1, 0.15) is 5.56 Å². The van der Waals surface area contributed by atoms with Crippen molar-refractivity contribution in [2.75, 3.05) is 11.5 Å². The zero-order valence-electron chi connectivity index (χ0n) is 11.9. The molecule has 0 saturated carbocycles. The number of nitrogen functional groups attached to an aromatic ring is 2. The molecule has 3 rings (SSSR count). The summed E-state index contributed by atoms with van der Waals surface area (Å²) >= 11 is 1.59. The van der Waals surface area contributed by atoms with Crippen LogP contribution in [0.2, 0.25) is 0 Å². The number of hydrogen-bond acceptors (Lipinski definition) is 5. The molecule has 0 atom stereocenters. The maximum atomic E-state index is 5.93. The lowest BCUT2D eigenvalue weighted by atomic mass is 10.1. The van der Waals surface area contributed by atoms with Crippen molar-refractivity contribution in [1.29, 1.82) is 0 Å². The van der Waals surface area contributed by atoms with Gasteiger partial charge in [0.15, 0.2) is 0 Å². The summed E-state index contributed by atoms with van der Waals surface area (Å²) in [5, 5.41) is 9.42. The number of azo groups is 1. The molecule has 0 bridgehead atoms. The summed E-state index contributed by atoms with van der Waals surface area (Å²) < 4.78 is 3.19. The van der Waals surface area contributed by atoms with Crippen LogP contribution < -0.4 is 16.0 Å². The second-order valence-corrected chi connectivity index (χ2v) is 5.89. The van der Waals surface area contributed by atoms with Crippen molar-refractivity contribution >= 4 is 43.7 Å². The number of nitrogens with two attached hydrogens (primary N) is 2. The van der Waals surface area contributed by atoms with E-state index < -0.39 is 0 Å². The van der Waals surface area contributed by atoms with Crippen molar-refractivity contribution in [2.45, 2.75) is 6.92 Å². The van der Waals surface area contributed by atoms with Gasteiger partial charge in [0.2, 0.25) is 0 Å². The minimum Gasteiger partial charge on any atom is -0.398 e. The van der Waals surface area contributed by atoms with Crippen molar-refractivity contribution in [3.05, 3.63) is 42.0 Å². The first-order chi connectivity index (χ1) is 10.1. The van der Waals surface area contributed by atoms with E-state index in [0.717, 1.165) is 16.2 Å². The van der Waals surface area contributed by atoms with Crippen LogP contribution in [0.15, 0.2) is 46.6 Å². The Bertz CT molecular complexity index is 851. The Morgan fingerprint density at radius 3 is 2.57 bits per heavy atom. The van der Waals surface area contributed by atoms with Gasteiger partial charge in [0.05, 0.1) is 22.5 Å². The molecule has 0 aliphatic carbocycles. The zero-order valence-corrected chi connectivity index (χ0v) is 12.7. The highest BCUT2D eigenvalue weighted by molar-refractivity contribution is 7.21. The van der Waals surface area contributed by atoms with E-state index in [0.29, 0.717) is 17.1 Å². The summed E-state index contributed by atoms with van der Waals surface area (Å²) in [6, 6.07) is 11.7. The average Bonchev–Trinajstić information content (AvgIpc) is 2.79. The monoisotopic (exact) mass is 298 g/mol. The highest BCUT2D eigenvalue weighted by Gasteiger charge is 2.15. The van der Waals surface area contributed by atoms with E-state index in [1.807, 2.05) is 36.7 Å². The van der Waals surface area contributed by atoms with Crippen molar-refractivity contribution in [3.63, 3.8) is 0 Å². The number of nitrogens with zero attached hydrogens (tertiary/aromatic N) is 3. The van der Waals surface area contributed by atoms with E-state index >= 15 is 0 Å². The van der Waals surface area contributed by atoms with E-state index in [9.17, 15) is 0 Å². The Balaban J connectivity index is 2.02. The van der Waals surface area contributed by atoms with Crippen LogP contribution in [0.3, 0.4) is 0 Å². The third-order valence-corrected chi connectivity index (χ3v) is 4.48. The molecule has 0 aliphatic rings. The largest absolute Gasteiger partial charge is 0.409 e. The molecule has 0 radical (unpaired) electrons. The van der Waals surface area contributed by atoms with Gasteiger partial charge in [-0.1, -0.05) is 12.1 Å². The molecular weight excluding hydrogens is 282 g/mol. The first-order valence-electron chi connectivity index (χ1n) is 6.51. The summed E-state index contributed by atoms with van der Waals surface area (Å²) in [5.41, 5.74) is 15.7. The Hall–Kier alpha value is -2.47. The fourth-order valence-corrected chi connectivity index (χ4v) is 3.06. The summed E-state index contributed by atoms with van der Waals surface area (Å²) in [5.74, 6) is 0. The number of benzene rings is 2. The van der Waals surface area contributed by atoms with Crippen molar-refractivity contribution in [1.82, 2.24) is 0 Å². The average molecular weight is 298 g/mol. The minimum atomic E-state index is 0.533. The molecule has 6 heteroatoms. The van der Waals surface area contributed by atoms with Crippen molar-refractivity contribution in [3.8, 4) is 0 Å². The van der Waals surface area contributed by atoms with Gasteiger partial charge in [-0.2, -0.15) is 0 Å². The standard InChI is InChI=1S/C15H15N5S/c1-9-7-12(11(17)8-10(9)16)18-19-15-20(2)13-5-3-4-6-14(13)21-15/h3-8H,1-2H3,(H3,16,17)/p+1. The fourth-order valence-electron chi connectivity index (χ4n) is 2.09. The smallest absolute Gasteiger partial charge is 0.398 e. The Morgan fingerprint density at radius 1 is 1.05 bits per heavy atom. The molecule has 1 heterocycles. The third-order valence-electron chi connectivity index (χ3n) is 3.37. The molecule has 5 nitrogen and oxygen atoms in total. The van der Waals surface area contributed by atoms with Gasteiger partial charge in [-0.15, -0.1) is 0 Å². The predicted molar refractivity (Wildman–Crippen MR) is 87.2 cm³/mol. The van der Waals surface area contributed by atoms with E-state index in [2.05, 4.69) is 22.4 Å². The fraction of sp³-hybridized carbons (Fsp3) is 0.133. The first-order valence-corrected chi connectivity index (χ1v) is 7.33. The third kappa shape index (κ3) is 2.45. The highest BCUT2D eigenvalue weighted by atomic mass is 32.1. The number of anilines is 2. The van der Waals surface area contributed by atoms with Crippen LogP contribution in [0.5, 0.6) is 0 Å². The van der Waals surface area contributed by atoms with Crippen LogP contribution in [0.4, 0.5) is 22.2 Å². The molecule has 0 amide bonds. The number of aromatic nitrogens is 1. The van der Waals surface area contributed by atoms with Crippen LogP contribution in [0.25, 0.3) is 10.2 Å². The Labute approximate surface area is 126 Å². The summed E-state index contributed by atoms with van der Waals surface area (Å²) in [6.45, 7) is 1.92. The molecule has 0 aliphatic heterocycles. The highest BCUT2D eigenvalue weighted by Crippen LogP contribution is 2.31. The van der Waals surface area contributed by atoms with Gasteiger partial charge in [-0.3, -0.25) is 0 Å². The number of aryl methyl sites for hydroxylation is 2. The van der Waals surface area contributed by atoms with Crippen molar-refractivity contribution in [2.24, 2.45) is 17.3 Å². The molecule has 106 valence electrons. The quantitative estimate of drug-likeness (QED) is 0.430. The van der Waals surface area contributed by atoms with E-state index in [4.69, 9.17) is 11.5 Å². The van der Waals surface area contributed by atoms with Crippen LogP contribution in [-0.2, 0) is 7.05 Å². The lowest BCUT2D eigenvalue weighted by molar-refractivity contribution is -0.627. The number of para-hydroxylation sites is 1. The molecule has 0 spiro atoms. The van der Waals surface area contributed by atoms with Crippen LogP contribution in [-0.4, -0.2) is 0 Å². The molecule has 2 aromatic carbocycles. The van der Waals surface area contributed by atoms with E-state index in [-0.39, 0.29) is 0 Å². The Kier molecular flexibility index (Phi) is 3.31. The molecule has 0 saturated heterocycles. The second-order valence-electron chi connectivity index (χ2n) is 4.88. The molecule has 0 unspecified atom stereocenters. The second kappa shape index (κ2) is 5.14. The lowest BCUT2D eigenvalue weighted by Gasteiger charge is -2.02. The molecule has 0 fully saturated rings. The van der Waals surface area contributed by atoms with Crippen LogP contribution in [0, 0.1) is 6.92 Å². The number of fused-ring (bicyclic) bond motifs is 1. The molecule has 3 aromatic rings. The van der Waals surface area contributed by atoms with Gasteiger partial charge in [0.25, 0.3) is 0 Å². The Morgan fingerprint density at radius 2 is 1.81 bits per heavy atom. The van der Waals surface area contributed by atoms with E-state index in [1.54, 1.807) is 17.4 Å². The van der Waals surface area contributed by atoms with Crippen LogP contribution >= 0.6 is 11.3 Å². The number of thiazole rings is 1. The van der Waals surface area contributed by atoms with Gasteiger partial charge < -0.3 is 11.5 Å². The zero-order chi connectivity index (χ0) is 15.0. The van der Waals surface area contributed by atoms with Gasteiger partial charge >= 0.3 is 5.13 Å². The normalized spacial score (nSPS) is 11.5. The molecule has 1 aromatic heterocycles. The summed E-state index contributed by atoms with van der Waals surface area (Å²) in [7, 11) is 1.98. The maximum absolute atomic E-state index is 5.93. The van der Waals surface area contributed by atoms with Gasteiger partial charge in [-0.25, -0.2) is 4.57 Å². The summed E-state index contributed by atoms with van der Waals surface area (Å²) in [6.07, 6.45) is 0. The SMILES string of the molecule is Cc1cc(/N=N/c2sc3ccccc3[n+]2C)c(N)cc1N. The first kappa shape index (κ1) is 13.5. The molecule has 21 heavy (non-hydrogen) atoms. The minimum absolute atomic E-state index is 0.533. The van der Waals surface area contributed by atoms with Crippen molar-refractivity contribution < 1.29 is 4.57 Å².